The predicted molar refractivity (Wildman–Crippen MR) is 88.1 cm³/mol. The molecule has 0 amide bonds. The predicted octanol–water partition coefficient (Wildman–Crippen LogP) is 2.23. The zero-order chi connectivity index (χ0) is 16.1. The monoisotopic (exact) mass is 316 g/mol. The lowest BCUT2D eigenvalue weighted by Gasteiger charge is -2.20. The molecule has 1 atom stereocenters. The molecule has 1 saturated heterocycles. The molecule has 0 radical (unpaired) electrons. The molecule has 6 heteroatoms. The number of aliphatic hydroxyl groups excluding tert-OH is 1. The molecule has 23 heavy (non-hydrogen) atoms. The molecule has 122 valence electrons. The first-order valence-corrected chi connectivity index (χ1v) is 7.93. The van der Waals surface area contributed by atoms with Crippen molar-refractivity contribution in [1.82, 2.24) is 9.97 Å². The van der Waals surface area contributed by atoms with Crippen LogP contribution in [-0.4, -0.2) is 40.8 Å². The fraction of sp³-hybridized carbons (Fsp3) is 0.412. The van der Waals surface area contributed by atoms with Gasteiger partial charge in [0.2, 0.25) is 0 Å². The van der Waals surface area contributed by atoms with Crippen molar-refractivity contribution in [3.63, 3.8) is 0 Å². The highest BCUT2D eigenvalue weighted by Gasteiger charge is 2.15. The Morgan fingerprint density at radius 3 is 2.61 bits per heavy atom. The molecule has 1 aromatic heterocycles. The molecule has 2 heterocycles. The van der Waals surface area contributed by atoms with Gasteiger partial charge in [-0.25, -0.2) is 14.4 Å². The van der Waals surface area contributed by atoms with E-state index in [4.69, 9.17) is 0 Å². The fourth-order valence-corrected chi connectivity index (χ4v) is 2.82. The molecule has 1 aromatic carbocycles. The summed E-state index contributed by atoms with van der Waals surface area (Å²) in [5, 5.41) is 12.8. The topological polar surface area (TPSA) is 61.3 Å². The van der Waals surface area contributed by atoms with Crippen molar-refractivity contribution in [3.8, 4) is 0 Å². The van der Waals surface area contributed by atoms with E-state index in [2.05, 4.69) is 20.2 Å². The minimum atomic E-state index is -0.256. The summed E-state index contributed by atoms with van der Waals surface area (Å²) in [6, 6.07) is 8.06. The van der Waals surface area contributed by atoms with Gasteiger partial charge in [-0.3, -0.25) is 0 Å². The van der Waals surface area contributed by atoms with E-state index in [1.165, 1.54) is 25.0 Å². The van der Waals surface area contributed by atoms with E-state index in [1.54, 1.807) is 18.5 Å². The highest BCUT2D eigenvalue weighted by atomic mass is 19.1. The van der Waals surface area contributed by atoms with E-state index in [1.807, 2.05) is 6.07 Å². The van der Waals surface area contributed by atoms with Crippen molar-refractivity contribution >= 4 is 11.6 Å². The number of benzene rings is 1. The van der Waals surface area contributed by atoms with Crippen LogP contribution in [0.25, 0.3) is 0 Å². The van der Waals surface area contributed by atoms with Gasteiger partial charge in [-0.2, -0.15) is 0 Å². The lowest BCUT2D eigenvalue weighted by molar-refractivity contribution is 0.273. The van der Waals surface area contributed by atoms with Crippen LogP contribution in [0.3, 0.4) is 0 Å². The summed E-state index contributed by atoms with van der Waals surface area (Å²) in [6.07, 6.45) is 4.52. The van der Waals surface area contributed by atoms with Crippen LogP contribution in [0.15, 0.2) is 36.7 Å². The van der Waals surface area contributed by atoms with Gasteiger partial charge in [0.1, 0.15) is 23.8 Å². The second kappa shape index (κ2) is 7.37. The third-order valence-electron chi connectivity index (χ3n) is 4.05. The van der Waals surface area contributed by atoms with Crippen molar-refractivity contribution < 1.29 is 9.50 Å². The van der Waals surface area contributed by atoms with Gasteiger partial charge in [-0.1, -0.05) is 12.1 Å². The number of hydrogen-bond acceptors (Lipinski definition) is 5. The molecule has 2 aromatic rings. The Morgan fingerprint density at radius 1 is 1.17 bits per heavy atom. The Kier molecular flexibility index (Phi) is 5.02. The van der Waals surface area contributed by atoms with E-state index in [9.17, 15) is 9.50 Å². The zero-order valence-corrected chi connectivity index (χ0v) is 13.0. The van der Waals surface area contributed by atoms with E-state index in [-0.39, 0.29) is 18.5 Å². The average molecular weight is 316 g/mol. The van der Waals surface area contributed by atoms with Gasteiger partial charge in [-0.05, 0) is 37.0 Å². The van der Waals surface area contributed by atoms with E-state index < -0.39 is 0 Å². The number of aliphatic hydroxyl groups is 1. The molecule has 0 saturated carbocycles. The summed E-state index contributed by atoms with van der Waals surface area (Å²) in [5.74, 6) is 1.36. The Bertz CT molecular complexity index is 629. The summed E-state index contributed by atoms with van der Waals surface area (Å²) in [7, 11) is 0. The Balaban J connectivity index is 1.66. The number of anilines is 2. The molecule has 0 aliphatic carbocycles. The van der Waals surface area contributed by atoms with Crippen LogP contribution < -0.4 is 10.2 Å². The average Bonchev–Trinajstić information content (AvgIpc) is 3.11. The standard InChI is InChI=1S/C17H21FN4O/c18-14-5-3-13(4-6-14)9-15(11-23)21-16-10-17(20-12-19-16)22-7-1-2-8-22/h3-6,10,12,15,23H,1-2,7-9,11H2,(H,19,20,21). The summed E-state index contributed by atoms with van der Waals surface area (Å²) >= 11 is 0. The van der Waals surface area contributed by atoms with Crippen molar-refractivity contribution in [2.45, 2.75) is 25.3 Å². The van der Waals surface area contributed by atoms with Gasteiger partial charge >= 0.3 is 0 Å². The SMILES string of the molecule is OCC(Cc1ccc(F)cc1)Nc1cc(N2CCCC2)ncn1. The molecular weight excluding hydrogens is 295 g/mol. The lowest BCUT2D eigenvalue weighted by atomic mass is 10.1. The number of nitrogens with one attached hydrogen (secondary N) is 1. The third kappa shape index (κ3) is 4.16. The quantitative estimate of drug-likeness (QED) is 0.856. The van der Waals surface area contributed by atoms with E-state index in [0.717, 1.165) is 24.5 Å². The number of nitrogens with zero attached hydrogens (tertiary/aromatic N) is 3. The minimum Gasteiger partial charge on any atom is -0.394 e. The van der Waals surface area contributed by atoms with Crippen LogP contribution in [-0.2, 0) is 6.42 Å². The van der Waals surface area contributed by atoms with Crippen LogP contribution in [0.5, 0.6) is 0 Å². The van der Waals surface area contributed by atoms with Gasteiger partial charge in [0, 0.05) is 19.2 Å². The zero-order valence-electron chi connectivity index (χ0n) is 13.0. The molecule has 0 bridgehead atoms. The molecule has 1 aliphatic heterocycles. The maximum Gasteiger partial charge on any atom is 0.134 e. The molecule has 5 nitrogen and oxygen atoms in total. The largest absolute Gasteiger partial charge is 0.394 e. The first-order valence-electron chi connectivity index (χ1n) is 7.93. The lowest BCUT2D eigenvalue weighted by Crippen LogP contribution is -2.27. The second-order valence-corrected chi connectivity index (χ2v) is 5.81. The summed E-state index contributed by atoms with van der Waals surface area (Å²) in [5.41, 5.74) is 0.965. The van der Waals surface area contributed by atoms with Crippen molar-refractivity contribution in [2.24, 2.45) is 0 Å². The molecule has 0 spiro atoms. The van der Waals surface area contributed by atoms with Gasteiger partial charge in [0.25, 0.3) is 0 Å². The second-order valence-electron chi connectivity index (χ2n) is 5.81. The molecule has 1 unspecified atom stereocenters. The van der Waals surface area contributed by atoms with Crippen molar-refractivity contribution in [2.75, 3.05) is 29.9 Å². The smallest absolute Gasteiger partial charge is 0.134 e. The van der Waals surface area contributed by atoms with Crippen molar-refractivity contribution in [3.05, 3.63) is 48.0 Å². The summed E-state index contributed by atoms with van der Waals surface area (Å²) in [4.78, 5) is 10.8. The highest BCUT2D eigenvalue weighted by molar-refractivity contribution is 5.49. The molecule has 1 aliphatic rings. The van der Waals surface area contributed by atoms with Crippen LogP contribution in [0.2, 0.25) is 0 Å². The minimum absolute atomic E-state index is 0.0274. The number of hydrogen-bond donors (Lipinski definition) is 2. The molecule has 2 N–H and O–H groups in total. The highest BCUT2D eigenvalue weighted by Crippen LogP contribution is 2.20. The number of aromatic nitrogens is 2. The first-order chi connectivity index (χ1) is 11.2. The molecular formula is C17H21FN4O. The van der Waals surface area contributed by atoms with Gasteiger partial charge < -0.3 is 15.3 Å². The van der Waals surface area contributed by atoms with Crippen LogP contribution in [0, 0.1) is 5.82 Å². The number of rotatable bonds is 6. The van der Waals surface area contributed by atoms with Gasteiger partial charge in [-0.15, -0.1) is 0 Å². The Hall–Kier alpha value is -2.21. The summed E-state index contributed by atoms with van der Waals surface area (Å²) in [6.45, 7) is 2.02. The number of halogens is 1. The maximum absolute atomic E-state index is 13.0. The van der Waals surface area contributed by atoms with Crippen LogP contribution in [0.1, 0.15) is 18.4 Å². The van der Waals surface area contributed by atoms with Crippen LogP contribution in [0.4, 0.5) is 16.0 Å². The normalized spacial score (nSPS) is 15.7. The third-order valence-corrected chi connectivity index (χ3v) is 4.05. The first kappa shape index (κ1) is 15.7. The van der Waals surface area contributed by atoms with Gasteiger partial charge in [0.15, 0.2) is 0 Å². The Morgan fingerprint density at radius 2 is 1.91 bits per heavy atom. The summed E-state index contributed by atoms with van der Waals surface area (Å²) < 4.78 is 13.0. The van der Waals surface area contributed by atoms with Crippen molar-refractivity contribution in [1.29, 1.82) is 0 Å². The van der Waals surface area contributed by atoms with E-state index >= 15 is 0 Å². The van der Waals surface area contributed by atoms with Gasteiger partial charge in [0.05, 0.1) is 12.6 Å². The van der Waals surface area contributed by atoms with Crippen LogP contribution >= 0.6 is 0 Å². The molecule has 1 fully saturated rings. The molecule has 3 rings (SSSR count). The Labute approximate surface area is 135 Å². The fourth-order valence-electron chi connectivity index (χ4n) is 2.82. The van der Waals surface area contributed by atoms with E-state index in [0.29, 0.717) is 12.2 Å². The maximum atomic E-state index is 13.0.